The Labute approximate surface area is 108 Å². The average molecular weight is 267 g/mol. The van der Waals surface area contributed by atoms with Gasteiger partial charge in [0.2, 0.25) is 0 Å². The Morgan fingerprint density at radius 2 is 2.00 bits per heavy atom. The molecule has 0 saturated carbocycles. The highest BCUT2D eigenvalue weighted by molar-refractivity contribution is 5.49. The van der Waals surface area contributed by atoms with Crippen molar-refractivity contribution in [3.63, 3.8) is 0 Å². The summed E-state index contributed by atoms with van der Waals surface area (Å²) in [6.45, 7) is 1.79. The smallest absolute Gasteiger partial charge is 0.379 e. The summed E-state index contributed by atoms with van der Waals surface area (Å²) in [7, 11) is 0. The third-order valence-corrected chi connectivity index (χ3v) is 2.66. The van der Waals surface area contributed by atoms with Gasteiger partial charge in [0, 0.05) is 11.9 Å². The minimum Gasteiger partial charge on any atom is -0.379 e. The van der Waals surface area contributed by atoms with Crippen LogP contribution >= 0.6 is 0 Å². The predicted molar refractivity (Wildman–Crippen MR) is 65.5 cm³/mol. The van der Waals surface area contributed by atoms with E-state index >= 15 is 0 Å². The first-order valence-corrected chi connectivity index (χ1v) is 5.63. The highest BCUT2D eigenvalue weighted by Crippen LogP contribution is 2.33. The molecule has 1 aromatic carbocycles. The fourth-order valence-corrected chi connectivity index (χ4v) is 1.65. The molecule has 0 radical (unpaired) electrons. The average Bonchev–Trinajstić information content (AvgIpc) is 2.37. The van der Waals surface area contributed by atoms with Crippen molar-refractivity contribution >= 4 is 5.69 Å². The van der Waals surface area contributed by atoms with Crippen LogP contribution in [0.1, 0.15) is 16.8 Å². The molecule has 19 heavy (non-hydrogen) atoms. The van der Waals surface area contributed by atoms with Crippen molar-refractivity contribution in [3.05, 3.63) is 53.6 Å². The number of rotatable bonds is 3. The Hall–Kier alpha value is -2.11. The van der Waals surface area contributed by atoms with Crippen molar-refractivity contribution in [2.45, 2.75) is 19.6 Å². The number of nitrogens with one attached hydrogen (secondary N) is 1. The number of halogens is 3. The molecule has 100 valence electrons. The van der Waals surface area contributed by atoms with E-state index in [0.717, 1.165) is 6.07 Å². The summed E-state index contributed by atoms with van der Waals surface area (Å²) < 4.78 is 38.2. The van der Waals surface area contributed by atoms with Crippen LogP contribution in [0.15, 0.2) is 36.8 Å². The Bertz CT molecular complexity index is 553. The lowest BCUT2D eigenvalue weighted by atomic mass is 10.1. The molecule has 0 aliphatic carbocycles. The predicted octanol–water partition coefficient (Wildman–Crippen LogP) is 3.42. The van der Waals surface area contributed by atoms with Gasteiger partial charge in [0.1, 0.15) is 6.33 Å². The second-order valence-electron chi connectivity index (χ2n) is 4.08. The molecule has 1 N–H and O–H groups in total. The Morgan fingerprint density at radius 1 is 1.21 bits per heavy atom. The molecule has 0 unspecified atom stereocenters. The molecule has 2 rings (SSSR count). The van der Waals surface area contributed by atoms with E-state index < -0.39 is 11.7 Å². The van der Waals surface area contributed by atoms with E-state index in [9.17, 15) is 13.2 Å². The molecular formula is C13H12F3N3. The monoisotopic (exact) mass is 267 g/mol. The molecule has 0 aliphatic rings. The number of alkyl halides is 3. The third-order valence-electron chi connectivity index (χ3n) is 2.66. The van der Waals surface area contributed by atoms with Crippen LogP contribution in [0.4, 0.5) is 18.9 Å². The number of aryl methyl sites for hydroxylation is 1. The van der Waals surface area contributed by atoms with E-state index in [2.05, 4.69) is 15.3 Å². The normalized spacial score (nSPS) is 11.4. The van der Waals surface area contributed by atoms with Gasteiger partial charge in [-0.2, -0.15) is 13.2 Å². The summed E-state index contributed by atoms with van der Waals surface area (Å²) in [6.07, 6.45) is -1.36. The van der Waals surface area contributed by atoms with Crippen LogP contribution in [-0.2, 0) is 12.7 Å². The number of hydrogen-bond donors (Lipinski definition) is 1. The molecule has 0 spiro atoms. The second kappa shape index (κ2) is 5.26. The van der Waals surface area contributed by atoms with Crippen LogP contribution in [-0.4, -0.2) is 9.97 Å². The van der Waals surface area contributed by atoms with Crippen LogP contribution < -0.4 is 5.32 Å². The van der Waals surface area contributed by atoms with Gasteiger partial charge < -0.3 is 5.32 Å². The van der Waals surface area contributed by atoms with Gasteiger partial charge in [-0.05, 0) is 30.7 Å². The van der Waals surface area contributed by atoms with Gasteiger partial charge >= 0.3 is 6.18 Å². The molecule has 6 heteroatoms. The van der Waals surface area contributed by atoms with Crippen molar-refractivity contribution in [2.24, 2.45) is 0 Å². The zero-order valence-electron chi connectivity index (χ0n) is 10.2. The molecule has 0 atom stereocenters. The summed E-state index contributed by atoms with van der Waals surface area (Å²) in [5.41, 5.74) is 0.709. The summed E-state index contributed by atoms with van der Waals surface area (Å²) in [5.74, 6) is 0. The molecule has 0 saturated heterocycles. The molecule has 0 aliphatic heterocycles. The molecular weight excluding hydrogens is 255 g/mol. The lowest BCUT2D eigenvalue weighted by Crippen LogP contribution is -2.09. The minimum atomic E-state index is -4.34. The van der Waals surface area contributed by atoms with Gasteiger partial charge in [0.15, 0.2) is 0 Å². The summed E-state index contributed by atoms with van der Waals surface area (Å²) >= 11 is 0. The third kappa shape index (κ3) is 3.43. The SMILES string of the molecule is Cc1ccc(NCc2ccncn2)cc1C(F)(F)F. The van der Waals surface area contributed by atoms with E-state index in [4.69, 9.17) is 0 Å². The van der Waals surface area contributed by atoms with E-state index in [1.807, 2.05) is 0 Å². The van der Waals surface area contributed by atoms with Crippen LogP contribution in [0.3, 0.4) is 0 Å². The van der Waals surface area contributed by atoms with Crippen molar-refractivity contribution in [1.29, 1.82) is 0 Å². The number of benzene rings is 1. The van der Waals surface area contributed by atoms with Crippen molar-refractivity contribution < 1.29 is 13.2 Å². The maximum absolute atomic E-state index is 12.7. The van der Waals surface area contributed by atoms with Crippen LogP contribution in [0.5, 0.6) is 0 Å². The van der Waals surface area contributed by atoms with E-state index in [1.165, 1.54) is 19.3 Å². The maximum Gasteiger partial charge on any atom is 0.416 e. The van der Waals surface area contributed by atoms with Crippen LogP contribution in [0.2, 0.25) is 0 Å². The number of anilines is 1. The quantitative estimate of drug-likeness (QED) is 0.926. The van der Waals surface area contributed by atoms with Crippen molar-refractivity contribution in [1.82, 2.24) is 9.97 Å². The summed E-state index contributed by atoms with van der Waals surface area (Å²) in [4.78, 5) is 7.76. The van der Waals surface area contributed by atoms with Crippen LogP contribution in [0.25, 0.3) is 0 Å². The Kier molecular flexibility index (Phi) is 3.69. The molecule has 2 aromatic rings. The van der Waals surface area contributed by atoms with E-state index in [1.54, 1.807) is 18.3 Å². The minimum absolute atomic E-state index is 0.208. The van der Waals surface area contributed by atoms with Crippen LogP contribution in [0, 0.1) is 6.92 Å². The molecule has 0 amide bonds. The topological polar surface area (TPSA) is 37.8 Å². The highest BCUT2D eigenvalue weighted by Gasteiger charge is 2.32. The van der Waals surface area contributed by atoms with Gasteiger partial charge in [-0.15, -0.1) is 0 Å². The summed E-state index contributed by atoms with van der Waals surface area (Å²) in [5, 5.41) is 2.91. The molecule has 1 heterocycles. The largest absolute Gasteiger partial charge is 0.416 e. The second-order valence-corrected chi connectivity index (χ2v) is 4.08. The lowest BCUT2D eigenvalue weighted by Gasteiger charge is -2.13. The van der Waals surface area contributed by atoms with Crippen molar-refractivity contribution in [2.75, 3.05) is 5.32 Å². The van der Waals surface area contributed by atoms with Crippen molar-refractivity contribution in [3.8, 4) is 0 Å². The fraction of sp³-hybridized carbons (Fsp3) is 0.231. The number of aromatic nitrogens is 2. The highest BCUT2D eigenvalue weighted by atomic mass is 19.4. The van der Waals surface area contributed by atoms with Gasteiger partial charge in [0.25, 0.3) is 0 Å². The Morgan fingerprint density at radius 3 is 2.63 bits per heavy atom. The molecule has 0 fully saturated rings. The number of nitrogens with zero attached hydrogens (tertiary/aromatic N) is 2. The van der Waals surface area contributed by atoms with E-state index in [0.29, 0.717) is 17.9 Å². The Balaban J connectivity index is 2.14. The first kappa shape index (κ1) is 13.3. The standard InChI is InChI=1S/C13H12F3N3/c1-9-2-3-10(6-12(9)13(14,15)16)18-7-11-4-5-17-8-19-11/h2-6,8,18H,7H2,1H3. The van der Waals surface area contributed by atoms with Gasteiger partial charge in [-0.25, -0.2) is 9.97 Å². The van der Waals surface area contributed by atoms with Gasteiger partial charge in [-0.1, -0.05) is 6.07 Å². The number of hydrogen-bond acceptors (Lipinski definition) is 3. The first-order chi connectivity index (χ1) is 8.97. The molecule has 3 nitrogen and oxygen atoms in total. The lowest BCUT2D eigenvalue weighted by molar-refractivity contribution is -0.138. The zero-order valence-corrected chi connectivity index (χ0v) is 10.2. The van der Waals surface area contributed by atoms with Gasteiger partial charge in [0.05, 0.1) is 17.8 Å². The molecule has 1 aromatic heterocycles. The maximum atomic E-state index is 12.7. The zero-order chi connectivity index (χ0) is 13.9. The molecule has 0 bridgehead atoms. The summed E-state index contributed by atoms with van der Waals surface area (Å²) in [6, 6.07) is 5.87. The first-order valence-electron chi connectivity index (χ1n) is 5.63. The van der Waals surface area contributed by atoms with E-state index in [-0.39, 0.29) is 5.56 Å². The van der Waals surface area contributed by atoms with Gasteiger partial charge in [-0.3, -0.25) is 0 Å². The fourth-order valence-electron chi connectivity index (χ4n) is 1.65.